The van der Waals surface area contributed by atoms with Gasteiger partial charge < -0.3 is 15.2 Å². The first-order valence-electron chi connectivity index (χ1n) is 6.68. The second-order valence-electron chi connectivity index (χ2n) is 5.94. The van der Waals surface area contributed by atoms with Crippen LogP contribution in [0.15, 0.2) is 23.1 Å². The first-order valence-corrected chi connectivity index (χ1v) is 7.83. The molecule has 6 nitrogen and oxygen atoms in total. The van der Waals surface area contributed by atoms with Crippen molar-refractivity contribution in [2.45, 2.75) is 26.8 Å². The molecule has 2 N–H and O–H groups in total. The Kier molecular flexibility index (Phi) is 4.41. The molecule has 1 atom stereocenters. The molecule has 0 saturated carbocycles. The van der Waals surface area contributed by atoms with Crippen LogP contribution >= 0.6 is 11.8 Å². The van der Waals surface area contributed by atoms with E-state index in [1.807, 2.05) is 20.8 Å². The van der Waals surface area contributed by atoms with E-state index in [4.69, 9.17) is 0 Å². The Hall–Kier alpha value is -1.76. The first-order chi connectivity index (χ1) is 9.80. The third kappa shape index (κ3) is 3.47. The number of thioether (sulfide) groups is 1. The van der Waals surface area contributed by atoms with Crippen molar-refractivity contribution in [2.75, 3.05) is 16.9 Å². The SMILES string of the molecule is CC(C)(C)C(=O)N1CSC[C@H]1C(=O)Nc1ccc[nH]c1=O. The van der Waals surface area contributed by atoms with Gasteiger partial charge in [0.1, 0.15) is 11.7 Å². The smallest absolute Gasteiger partial charge is 0.271 e. The zero-order valence-corrected chi connectivity index (χ0v) is 13.1. The van der Waals surface area contributed by atoms with E-state index in [0.717, 1.165) is 0 Å². The van der Waals surface area contributed by atoms with Crippen LogP contribution in [-0.2, 0) is 9.59 Å². The van der Waals surface area contributed by atoms with E-state index in [-0.39, 0.29) is 23.1 Å². The van der Waals surface area contributed by atoms with E-state index in [0.29, 0.717) is 11.6 Å². The van der Waals surface area contributed by atoms with Crippen LogP contribution in [0.1, 0.15) is 20.8 Å². The molecule has 1 saturated heterocycles. The zero-order valence-electron chi connectivity index (χ0n) is 12.3. The average Bonchev–Trinajstić information content (AvgIpc) is 2.88. The minimum Gasteiger partial charge on any atom is -0.327 e. The topological polar surface area (TPSA) is 82.3 Å². The number of carbonyl (C=O) groups is 2. The number of aromatic amines is 1. The van der Waals surface area contributed by atoms with E-state index >= 15 is 0 Å². The van der Waals surface area contributed by atoms with Crippen molar-refractivity contribution in [3.8, 4) is 0 Å². The molecule has 1 aliphatic heterocycles. The maximum atomic E-state index is 12.4. The summed E-state index contributed by atoms with van der Waals surface area (Å²) in [5.41, 5.74) is -0.694. The lowest BCUT2D eigenvalue weighted by Crippen LogP contribution is -2.48. The fourth-order valence-electron chi connectivity index (χ4n) is 2.03. The van der Waals surface area contributed by atoms with Gasteiger partial charge in [-0.25, -0.2) is 0 Å². The molecule has 0 aromatic carbocycles. The minimum atomic E-state index is -0.540. The van der Waals surface area contributed by atoms with Crippen molar-refractivity contribution in [2.24, 2.45) is 5.41 Å². The fraction of sp³-hybridized carbons (Fsp3) is 0.500. The van der Waals surface area contributed by atoms with Crippen LogP contribution in [0, 0.1) is 5.41 Å². The number of hydrogen-bond donors (Lipinski definition) is 2. The predicted octanol–water partition coefficient (Wildman–Crippen LogP) is 1.26. The third-order valence-electron chi connectivity index (χ3n) is 3.16. The van der Waals surface area contributed by atoms with Crippen molar-refractivity contribution >= 4 is 29.3 Å². The third-order valence-corrected chi connectivity index (χ3v) is 4.18. The van der Waals surface area contributed by atoms with Crippen molar-refractivity contribution in [1.82, 2.24) is 9.88 Å². The van der Waals surface area contributed by atoms with Gasteiger partial charge in [-0.05, 0) is 12.1 Å². The average molecular weight is 309 g/mol. The van der Waals surface area contributed by atoms with E-state index in [1.54, 1.807) is 11.0 Å². The van der Waals surface area contributed by atoms with Gasteiger partial charge >= 0.3 is 0 Å². The van der Waals surface area contributed by atoms with E-state index in [9.17, 15) is 14.4 Å². The molecule has 1 aromatic rings. The van der Waals surface area contributed by atoms with Crippen molar-refractivity contribution in [1.29, 1.82) is 0 Å². The van der Waals surface area contributed by atoms with Gasteiger partial charge in [-0.2, -0.15) is 0 Å². The molecule has 0 unspecified atom stereocenters. The molecule has 1 aromatic heterocycles. The molecule has 2 rings (SSSR count). The lowest BCUT2D eigenvalue weighted by molar-refractivity contribution is -0.143. The normalized spacial score (nSPS) is 18.6. The van der Waals surface area contributed by atoms with Crippen LogP contribution in [0.5, 0.6) is 0 Å². The van der Waals surface area contributed by atoms with Crippen molar-refractivity contribution < 1.29 is 9.59 Å². The van der Waals surface area contributed by atoms with Gasteiger partial charge in [0.05, 0.1) is 5.88 Å². The molecule has 0 bridgehead atoms. The molecule has 0 radical (unpaired) electrons. The predicted molar refractivity (Wildman–Crippen MR) is 83.1 cm³/mol. The number of nitrogens with one attached hydrogen (secondary N) is 2. The summed E-state index contributed by atoms with van der Waals surface area (Å²) >= 11 is 1.54. The van der Waals surface area contributed by atoms with Gasteiger partial charge in [-0.3, -0.25) is 14.4 Å². The van der Waals surface area contributed by atoms with Gasteiger partial charge in [0, 0.05) is 17.4 Å². The molecule has 0 spiro atoms. The first kappa shape index (κ1) is 15.6. The second-order valence-corrected chi connectivity index (χ2v) is 6.94. The largest absolute Gasteiger partial charge is 0.327 e. The van der Waals surface area contributed by atoms with Gasteiger partial charge in [0.2, 0.25) is 11.8 Å². The molecule has 7 heteroatoms. The highest BCUT2D eigenvalue weighted by molar-refractivity contribution is 7.99. The highest BCUT2D eigenvalue weighted by Crippen LogP contribution is 2.27. The van der Waals surface area contributed by atoms with Crippen LogP contribution in [0.3, 0.4) is 0 Å². The molecule has 2 heterocycles. The maximum Gasteiger partial charge on any atom is 0.271 e. The number of carbonyl (C=O) groups excluding carboxylic acids is 2. The van der Waals surface area contributed by atoms with Gasteiger partial charge in [0.15, 0.2) is 0 Å². The number of amides is 2. The van der Waals surface area contributed by atoms with E-state index in [2.05, 4.69) is 10.3 Å². The Labute approximate surface area is 127 Å². The quantitative estimate of drug-likeness (QED) is 0.861. The van der Waals surface area contributed by atoms with Crippen molar-refractivity contribution in [3.05, 3.63) is 28.7 Å². The van der Waals surface area contributed by atoms with Crippen molar-refractivity contribution in [3.63, 3.8) is 0 Å². The summed E-state index contributed by atoms with van der Waals surface area (Å²) in [7, 11) is 0. The molecular formula is C14H19N3O3S. The summed E-state index contributed by atoms with van der Waals surface area (Å²) in [6.45, 7) is 5.49. The van der Waals surface area contributed by atoms with Gasteiger partial charge in [-0.1, -0.05) is 20.8 Å². The van der Waals surface area contributed by atoms with Gasteiger partial charge in [0.25, 0.3) is 5.56 Å². The van der Waals surface area contributed by atoms with Crippen LogP contribution in [-0.4, -0.2) is 39.4 Å². The van der Waals surface area contributed by atoms with Gasteiger partial charge in [-0.15, -0.1) is 11.8 Å². The Morgan fingerprint density at radius 3 is 2.76 bits per heavy atom. The molecule has 21 heavy (non-hydrogen) atoms. The summed E-state index contributed by atoms with van der Waals surface area (Å²) in [5.74, 6) is 0.654. The molecular weight excluding hydrogens is 290 g/mol. The highest BCUT2D eigenvalue weighted by atomic mass is 32.2. The highest BCUT2D eigenvalue weighted by Gasteiger charge is 2.39. The second kappa shape index (κ2) is 5.93. The Bertz CT molecular complexity index is 606. The number of aromatic nitrogens is 1. The minimum absolute atomic E-state index is 0.0605. The zero-order chi connectivity index (χ0) is 15.6. The lowest BCUT2D eigenvalue weighted by atomic mass is 9.94. The Balaban J connectivity index is 2.13. The molecule has 1 aliphatic rings. The summed E-state index contributed by atoms with van der Waals surface area (Å²) in [6, 6.07) is 2.63. The molecule has 1 fully saturated rings. The van der Waals surface area contributed by atoms with E-state index in [1.165, 1.54) is 24.0 Å². The summed E-state index contributed by atoms with van der Waals surface area (Å²) in [6.07, 6.45) is 1.50. The van der Waals surface area contributed by atoms with E-state index < -0.39 is 11.5 Å². The lowest BCUT2D eigenvalue weighted by Gasteiger charge is -2.29. The van der Waals surface area contributed by atoms with Crippen LogP contribution in [0.4, 0.5) is 5.69 Å². The number of anilines is 1. The molecule has 114 valence electrons. The molecule has 0 aliphatic carbocycles. The monoisotopic (exact) mass is 309 g/mol. The summed E-state index contributed by atoms with van der Waals surface area (Å²) in [4.78, 5) is 40.4. The number of H-pyrrole nitrogens is 1. The Morgan fingerprint density at radius 1 is 1.43 bits per heavy atom. The fourth-order valence-corrected chi connectivity index (χ4v) is 3.18. The number of pyridine rings is 1. The number of rotatable bonds is 2. The van der Waals surface area contributed by atoms with Crippen LogP contribution < -0.4 is 10.9 Å². The number of hydrogen-bond acceptors (Lipinski definition) is 4. The van der Waals surface area contributed by atoms with Crippen LogP contribution in [0.2, 0.25) is 0 Å². The summed E-state index contributed by atoms with van der Waals surface area (Å²) < 4.78 is 0. The van der Waals surface area contributed by atoms with Crippen LogP contribution in [0.25, 0.3) is 0 Å². The Morgan fingerprint density at radius 2 is 2.14 bits per heavy atom. The maximum absolute atomic E-state index is 12.4. The summed E-state index contributed by atoms with van der Waals surface area (Å²) in [5, 5.41) is 2.60. The standard InChI is InChI=1S/C14H19N3O3S/c1-14(2,3)13(20)17-8-21-7-10(17)12(19)16-9-5-4-6-15-11(9)18/h4-6,10H,7-8H2,1-3H3,(H,15,18)(H,16,19)/t10-/m0/s1. The molecule has 2 amide bonds. The number of nitrogens with zero attached hydrogens (tertiary/aromatic N) is 1.